The monoisotopic (exact) mass is 508 g/mol. The van der Waals surface area contributed by atoms with Crippen molar-refractivity contribution in [1.29, 1.82) is 0 Å². The van der Waals surface area contributed by atoms with Crippen LogP contribution in [0.2, 0.25) is 0 Å². The topological polar surface area (TPSA) is 146 Å². The molecular formula is C26H36O10. The molecule has 7 atom stereocenters. The first-order valence-electron chi connectivity index (χ1n) is 12.2. The van der Waals surface area contributed by atoms with Crippen molar-refractivity contribution in [3.8, 4) is 0 Å². The number of carbonyl (C=O) groups is 4. The molecule has 0 unspecified atom stereocenters. The van der Waals surface area contributed by atoms with Gasteiger partial charge >= 0.3 is 23.9 Å². The Hall–Kier alpha value is -2.72. The van der Waals surface area contributed by atoms with Gasteiger partial charge in [-0.15, -0.1) is 0 Å². The van der Waals surface area contributed by atoms with Crippen LogP contribution in [-0.2, 0) is 38.1 Å². The number of rotatable bonds is 6. The molecule has 0 aromatic heterocycles. The fraction of sp³-hybridized carbons (Fsp3) is 0.692. The van der Waals surface area contributed by atoms with Crippen molar-refractivity contribution in [3.63, 3.8) is 0 Å². The fourth-order valence-electron chi connectivity index (χ4n) is 5.60. The third-order valence-corrected chi connectivity index (χ3v) is 7.78. The van der Waals surface area contributed by atoms with E-state index in [1.165, 1.54) is 6.92 Å². The molecule has 10 nitrogen and oxygen atoms in total. The van der Waals surface area contributed by atoms with Crippen LogP contribution in [0.15, 0.2) is 22.8 Å². The molecule has 0 bridgehead atoms. The van der Waals surface area contributed by atoms with Gasteiger partial charge in [0.05, 0.1) is 0 Å². The summed E-state index contributed by atoms with van der Waals surface area (Å²) < 4.78 is 22.7. The number of hydrogen-bond acceptors (Lipinski definition) is 10. The normalized spacial score (nSPS) is 38.0. The van der Waals surface area contributed by atoms with E-state index in [2.05, 4.69) is 0 Å². The molecule has 1 aliphatic heterocycles. The second-order valence-corrected chi connectivity index (χ2v) is 10.3. The first kappa shape index (κ1) is 27.9. The molecule has 3 rings (SSSR count). The molecule has 0 radical (unpaired) electrons. The summed E-state index contributed by atoms with van der Waals surface area (Å²) in [4.78, 5) is 50.0. The van der Waals surface area contributed by atoms with E-state index in [1.54, 1.807) is 40.7 Å². The molecule has 1 heterocycles. The van der Waals surface area contributed by atoms with Gasteiger partial charge in [-0.1, -0.05) is 13.0 Å². The van der Waals surface area contributed by atoms with E-state index in [-0.39, 0.29) is 19.3 Å². The van der Waals surface area contributed by atoms with Gasteiger partial charge in [0.2, 0.25) is 0 Å². The summed E-state index contributed by atoms with van der Waals surface area (Å²) in [7, 11) is 0. The van der Waals surface area contributed by atoms with Crippen LogP contribution in [-0.4, -0.2) is 69.2 Å². The van der Waals surface area contributed by atoms with Crippen LogP contribution in [0.5, 0.6) is 0 Å². The predicted octanol–water partition coefficient (Wildman–Crippen LogP) is 2.05. The van der Waals surface area contributed by atoms with Gasteiger partial charge in [-0.3, -0.25) is 9.59 Å². The fourth-order valence-corrected chi connectivity index (χ4v) is 5.60. The van der Waals surface area contributed by atoms with Crippen LogP contribution < -0.4 is 0 Å². The van der Waals surface area contributed by atoms with Crippen molar-refractivity contribution < 1.29 is 48.3 Å². The molecule has 0 spiro atoms. The number of ether oxygens (including phenoxy) is 4. The number of hydrogen-bond donors (Lipinski definition) is 2. The highest BCUT2D eigenvalue weighted by Gasteiger charge is 2.74. The summed E-state index contributed by atoms with van der Waals surface area (Å²) >= 11 is 0. The van der Waals surface area contributed by atoms with E-state index >= 15 is 0 Å². The largest absolute Gasteiger partial charge is 0.459 e. The number of allylic oxidation sites excluding steroid dienone is 1. The van der Waals surface area contributed by atoms with Gasteiger partial charge < -0.3 is 29.2 Å². The Morgan fingerprint density at radius 2 is 1.81 bits per heavy atom. The van der Waals surface area contributed by atoms with E-state index < -0.39 is 64.9 Å². The lowest BCUT2D eigenvalue weighted by atomic mass is 9.75. The average molecular weight is 509 g/mol. The molecule has 2 fully saturated rings. The molecule has 0 aromatic rings. The van der Waals surface area contributed by atoms with Crippen molar-refractivity contribution in [3.05, 3.63) is 22.8 Å². The minimum Gasteiger partial charge on any atom is -0.459 e. The van der Waals surface area contributed by atoms with Crippen LogP contribution in [0.1, 0.15) is 74.1 Å². The summed E-state index contributed by atoms with van der Waals surface area (Å²) in [6, 6.07) is 0. The van der Waals surface area contributed by atoms with Crippen LogP contribution in [0.25, 0.3) is 0 Å². The minimum atomic E-state index is -2.44. The van der Waals surface area contributed by atoms with Gasteiger partial charge in [0.25, 0.3) is 0 Å². The van der Waals surface area contributed by atoms with E-state index in [4.69, 9.17) is 18.9 Å². The second-order valence-electron chi connectivity index (χ2n) is 10.3. The Morgan fingerprint density at radius 3 is 2.36 bits per heavy atom. The number of carbonyl (C=O) groups excluding carboxylic acids is 4. The van der Waals surface area contributed by atoms with Gasteiger partial charge in [-0.05, 0) is 58.6 Å². The smallest absolute Gasteiger partial charge is 0.341 e. The van der Waals surface area contributed by atoms with E-state index in [1.807, 2.05) is 0 Å². The molecular weight excluding hydrogens is 472 g/mol. The van der Waals surface area contributed by atoms with Crippen LogP contribution in [0.3, 0.4) is 0 Å². The lowest BCUT2D eigenvalue weighted by Gasteiger charge is -2.41. The van der Waals surface area contributed by atoms with E-state index in [0.717, 1.165) is 6.92 Å². The zero-order valence-corrected chi connectivity index (χ0v) is 21.9. The van der Waals surface area contributed by atoms with E-state index in [9.17, 15) is 29.4 Å². The van der Waals surface area contributed by atoms with Crippen molar-refractivity contribution in [2.45, 2.75) is 109 Å². The minimum absolute atomic E-state index is 0.0476. The summed E-state index contributed by atoms with van der Waals surface area (Å²) in [5.41, 5.74) is -4.90. The molecule has 1 saturated heterocycles. The van der Waals surface area contributed by atoms with Crippen molar-refractivity contribution in [2.24, 2.45) is 5.92 Å². The third-order valence-electron chi connectivity index (χ3n) is 7.78. The summed E-state index contributed by atoms with van der Waals surface area (Å²) in [6.45, 7) is 10.8. The van der Waals surface area contributed by atoms with Crippen LogP contribution >= 0.6 is 0 Å². The Kier molecular flexibility index (Phi) is 7.45. The number of aliphatic hydroxyl groups is 2. The summed E-state index contributed by atoms with van der Waals surface area (Å²) in [5, 5.41) is 23.2. The molecule has 3 aliphatic rings. The van der Waals surface area contributed by atoms with Gasteiger partial charge in [-0.2, -0.15) is 0 Å². The van der Waals surface area contributed by atoms with Crippen molar-refractivity contribution >= 4 is 23.9 Å². The Bertz CT molecular complexity index is 1020. The highest BCUT2D eigenvalue weighted by Crippen LogP contribution is 2.56. The maximum Gasteiger partial charge on any atom is 0.341 e. The van der Waals surface area contributed by atoms with Crippen LogP contribution in [0, 0.1) is 5.92 Å². The SMILES string of the molecule is C/C=C(/C)C(=O)O[C@@H]1C[C@@H]2C(=C1C)[C@@H]1OC(=O)[C@@](C)(O)[C@@]1(O)[C@@H](OC(=O)CCC)C[C@]2(C)OC(C)=O. The van der Waals surface area contributed by atoms with Gasteiger partial charge in [0, 0.05) is 31.3 Å². The van der Waals surface area contributed by atoms with Crippen LogP contribution in [0.4, 0.5) is 0 Å². The quantitative estimate of drug-likeness (QED) is 0.237. The van der Waals surface area contributed by atoms with Gasteiger partial charge in [-0.25, -0.2) is 9.59 Å². The molecule has 200 valence electrons. The molecule has 36 heavy (non-hydrogen) atoms. The third kappa shape index (κ3) is 4.34. The number of esters is 4. The first-order valence-corrected chi connectivity index (χ1v) is 12.2. The highest BCUT2D eigenvalue weighted by molar-refractivity contribution is 5.88. The zero-order valence-electron chi connectivity index (χ0n) is 21.9. The molecule has 2 aliphatic carbocycles. The molecule has 0 aromatic carbocycles. The average Bonchev–Trinajstić information content (AvgIpc) is 3.16. The standard InChI is InChI=1S/C26H36O10/c1-8-10-19(28)34-18-12-24(6,36-15(5)27)16-11-17(33-22(29)13(3)9-2)14(4)20(16)21-26(18,32)25(7,31)23(30)35-21/h9,16-18,21,31-32H,8,10-12H2,1-7H3/b13-9-/t16-,17-,18+,21+,24+,25-,26-/m1/s1. The summed E-state index contributed by atoms with van der Waals surface area (Å²) in [5.74, 6) is -3.53. The number of fused-ring (bicyclic) bond motifs is 3. The second kappa shape index (κ2) is 9.63. The molecule has 0 amide bonds. The van der Waals surface area contributed by atoms with Crippen molar-refractivity contribution in [2.75, 3.05) is 0 Å². The van der Waals surface area contributed by atoms with Gasteiger partial charge in [0.1, 0.15) is 17.8 Å². The molecule has 10 heteroatoms. The lowest BCUT2D eigenvalue weighted by Crippen LogP contribution is -2.64. The molecule has 1 saturated carbocycles. The lowest BCUT2D eigenvalue weighted by molar-refractivity contribution is -0.210. The molecule has 2 N–H and O–H groups in total. The Balaban J connectivity index is 2.20. The Morgan fingerprint density at radius 1 is 1.17 bits per heavy atom. The van der Waals surface area contributed by atoms with E-state index in [0.29, 0.717) is 23.1 Å². The predicted molar refractivity (Wildman–Crippen MR) is 125 cm³/mol. The zero-order chi connectivity index (χ0) is 27.2. The first-order chi connectivity index (χ1) is 16.6. The summed E-state index contributed by atoms with van der Waals surface area (Å²) in [6.07, 6.45) is -1.52. The Labute approximate surface area is 210 Å². The maximum absolute atomic E-state index is 12.8. The maximum atomic E-state index is 12.8. The van der Waals surface area contributed by atoms with Crippen molar-refractivity contribution in [1.82, 2.24) is 0 Å². The van der Waals surface area contributed by atoms with Gasteiger partial charge in [0.15, 0.2) is 17.3 Å². The highest BCUT2D eigenvalue weighted by atomic mass is 16.6.